The number of allylic oxidation sites excluding steroid dienone is 5. The van der Waals surface area contributed by atoms with Gasteiger partial charge in [-0.05, 0) is 117 Å². The molecule has 5 aromatic rings. The zero-order valence-corrected chi connectivity index (χ0v) is 44.9. The van der Waals surface area contributed by atoms with Gasteiger partial charge in [0.1, 0.15) is 0 Å². The second-order valence-electron chi connectivity index (χ2n) is 20.1. The summed E-state index contributed by atoms with van der Waals surface area (Å²) in [5.74, 6) is -0.768. The molecular formula is C66H78N4O4. The molecule has 2 atom stereocenters. The molecule has 0 spiro atoms. The first-order valence-corrected chi connectivity index (χ1v) is 27.7. The van der Waals surface area contributed by atoms with Gasteiger partial charge in [0.2, 0.25) is 11.4 Å². The number of anilines is 3. The van der Waals surface area contributed by atoms with E-state index < -0.39 is 11.5 Å². The molecule has 0 heterocycles. The SMILES string of the molecule is CCCCc1ccc(N(CC(CC)CCCC)c2ccc(C3=C([O-])/C(=C4/C=CC(=[N+](CC(CC)CCCC)c5ccc(CCCC)cc5)C=C4NC(=O)c4ccccc4)C3=O)c(NC(=O)c3ccccc3)c2)cc1. The van der Waals surface area contributed by atoms with Gasteiger partial charge in [-0.2, -0.15) is 4.58 Å². The Bertz CT molecular complexity index is 2860. The fourth-order valence-electron chi connectivity index (χ4n) is 10.0. The monoisotopic (exact) mass is 991 g/mol. The number of carbonyl (C=O) groups is 3. The summed E-state index contributed by atoms with van der Waals surface area (Å²) in [6.45, 7) is 14.9. The van der Waals surface area contributed by atoms with Crippen LogP contribution < -0.4 is 20.6 Å². The number of Topliss-reactive ketones (excluding diaryl/α,β-unsaturated/α-hetero) is 1. The Labute approximate surface area is 441 Å². The molecule has 0 aromatic heterocycles. The standard InChI is InChI=1S/C66H78N4O4/c1-7-13-23-47(11-5)45-69(53-35-31-49(32-36-53)25-15-9-3)55-39-41-57(59(43-55)67-65(73)51-27-19-17-20-28-51)61-63(71)62(64(61)72)58-42-40-56(44-60(58)68-66(74)52-29-21-18-22-30-52)70(46-48(12-6)24-14-8-2)54-37-33-50(34-38-54)26-16-10-4/h17-22,27-44,47-48H,7-16,23-26,45-46H2,1-6H3,(H2,67,68,71,72,73,74). The predicted octanol–water partition coefficient (Wildman–Crippen LogP) is 14.8. The lowest BCUT2D eigenvalue weighted by atomic mass is 9.78. The van der Waals surface area contributed by atoms with Crippen LogP contribution in [0.2, 0.25) is 0 Å². The van der Waals surface area contributed by atoms with Gasteiger partial charge in [-0.1, -0.05) is 159 Å². The minimum Gasteiger partial charge on any atom is -0.871 e. The van der Waals surface area contributed by atoms with Crippen molar-refractivity contribution in [2.24, 2.45) is 11.8 Å². The first-order chi connectivity index (χ1) is 36.1. The molecule has 0 fully saturated rings. The van der Waals surface area contributed by atoms with Crippen LogP contribution in [-0.4, -0.2) is 41.0 Å². The number of unbranched alkanes of at least 4 members (excludes halogenated alkanes) is 4. The average Bonchev–Trinajstić information content (AvgIpc) is 3.44. The topological polar surface area (TPSA) is 105 Å². The highest BCUT2D eigenvalue weighted by atomic mass is 16.3. The Morgan fingerprint density at radius 1 is 0.595 bits per heavy atom. The van der Waals surface area contributed by atoms with Crippen molar-refractivity contribution in [1.29, 1.82) is 0 Å². The van der Waals surface area contributed by atoms with Gasteiger partial charge >= 0.3 is 0 Å². The Morgan fingerprint density at radius 2 is 1.14 bits per heavy atom. The third-order valence-electron chi connectivity index (χ3n) is 14.7. The zero-order chi connectivity index (χ0) is 52.4. The van der Waals surface area contributed by atoms with Crippen molar-refractivity contribution in [2.45, 2.75) is 131 Å². The van der Waals surface area contributed by atoms with Crippen LogP contribution in [0.4, 0.5) is 22.7 Å². The van der Waals surface area contributed by atoms with Crippen molar-refractivity contribution in [3.05, 3.63) is 196 Å². The number of benzene rings is 5. The van der Waals surface area contributed by atoms with E-state index in [2.05, 4.69) is 110 Å². The van der Waals surface area contributed by atoms with E-state index in [1.54, 1.807) is 24.3 Å². The van der Waals surface area contributed by atoms with Crippen molar-refractivity contribution in [2.75, 3.05) is 23.3 Å². The first-order valence-electron chi connectivity index (χ1n) is 27.7. The van der Waals surface area contributed by atoms with Crippen molar-refractivity contribution in [1.82, 2.24) is 5.32 Å². The molecule has 2 amide bonds. The van der Waals surface area contributed by atoms with Crippen LogP contribution in [-0.2, 0) is 17.6 Å². The van der Waals surface area contributed by atoms with E-state index in [1.165, 1.54) is 11.1 Å². The lowest BCUT2D eigenvalue weighted by Crippen LogP contribution is -2.34. The van der Waals surface area contributed by atoms with E-state index in [-0.39, 0.29) is 23.0 Å². The zero-order valence-electron chi connectivity index (χ0n) is 44.9. The van der Waals surface area contributed by atoms with E-state index in [0.717, 1.165) is 126 Å². The highest BCUT2D eigenvalue weighted by Crippen LogP contribution is 2.43. The second-order valence-corrected chi connectivity index (χ2v) is 20.1. The molecule has 2 unspecified atom stereocenters. The normalized spacial score (nSPS) is 15.8. The number of rotatable bonds is 26. The highest BCUT2D eigenvalue weighted by molar-refractivity contribution is 6.40. The summed E-state index contributed by atoms with van der Waals surface area (Å²) >= 11 is 0. The summed E-state index contributed by atoms with van der Waals surface area (Å²) in [4.78, 5) is 45.3. The molecule has 5 aromatic carbocycles. The minimum absolute atomic E-state index is 0.00738. The molecule has 2 N–H and O–H groups in total. The summed E-state index contributed by atoms with van der Waals surface area (Å²) in [5, 5.41) is 21.2. The summed E-state index contributed by atoms with van der Waals surface area (Å²) in [6, 6.07) is 41.2. The smallest absolute Gasteiger partial charge is 0.255 e. The minimum atomic E-state index is -0.448. The number of nitrogens with zero attached hydrogens (tertiary/aromatic N) is 2. The van der Waals surface area contributed by atoms with Crippen LogP contribution in [0.3, 0.4) is 0 Å². The van der Waals surface area contributed by atoms with Crippen LogP contribution in [0.1, 0.15) is 156 Å². The van der Waals surface area contributed by atoms with Crippen LogP contribution in [0.5, 0.6) is 0 Å². The van der Waals surface area contributed by atoms with Crippen LogP contribution >= 0.6 is 0 Å². The van der Waals surface area contributed by atoms with Gasteiger partial charge in [0, 0.05) is 81.5 Å². The fourth-order valence-corrected chi connectivity index (χ4v) is 10.0. The van der Waals surface area contributed by atoms with E-state index in [1.807, 2.05) is 72.8 Å². The summed E-state index contributed by atoms with van der Waals surface area (Å²) < 4.78 is 2.31. The number of hydrogen-bond donors (Lipinski definition) is 2. The number of nitrogens with one attached hydrogen (secondary N) is 2. The van der Waals surface area contributed by atoms with E-state index in [4.69, 9.17) is 0 Å². The molecule has 8 heteroatoms. The number of amides is 2. The molecule has 0 bridgehead atoms. The molecule has 0 aliphatic heterocycles. The lowest BCUT2D eigenvalue weighted by Gasteiger charge is -2.35. The summed E-state index contributed by atoms with van der Waals surface area (Å²) in [5.41, 5.74) is 8.68. The first kappa shape index (κ1) is 54.7. The largest absolute Gasteiger partial charge is 0.871 e. The molecule has 2 aliphatic rings. The molecule has 74 heavy (non-hydrogen) atoms. The average molecular weight is 991 g/mol. The molecule has 0 saturated heterocycles. The maximum absolute atomic E-state index is 14.9. The van der Waals surface area contributed by atoms with E-state index >= 15 is 0 Å². The Hall–Kier alpha value is -7.06. The fraction of sp³-hybridized carbons (Fsp3) is 0.364. The number of hydrogen-bond acceptors (Lipinski definition) is 5. The van der Waals surface area contributed by atoms with E-state index in [9.17, 15) is 19.5 Å². The summed E-state index contributed by atoms with van der Waals surface area (Å²) in [7, 11) is 0. The molecular weight excluding hydrogens is 913 g/mol. The predicted molar refractivity (Wildman–Crippen MR) is 304 cm³/mol. The van der Waals surface area contributed by atoms with Crippen LogP contribution in [0.25, 0.3) is 5.57 Å². The lowest BCUT2D eigenvalue weighted by molar-refractivity contribution is -0.448. The van der Waals surface area contributed by atoms with Gasteiger partial charge < -0.3 is 20.6 Å². The van der Waals surface area contributed by atoms with Gasteiger partial charge in [-0.3, -0.25) is 14.4 Å². The van der Waals surface area contributed by atoms with Gasteiger partial charge in [0.15, 0.2) is 12.3 Å². The summed E-state index contributed by atoms with van der Waals surface area (Å²) in [6.07, 6.45) is 20.9. The molecule has 0 saturated carbocycles. The highest BCUT2D eigenvalue weighted by Gasteiger charge is 2.35. The number of carbonyl (C=O) groups excluding carboxylic acids is 3. The van der Waals surface area contributed by atoms with Gasteiger partial charge in [0.05, 0.1) is 11.4 Å². The van der Waals surface area contributed by atoms with Gasteiger partial charge in [0.25, 0.3) is 11.8 Å². The molecule has 0 radical (unpaired) electrons. The third kappa shape index (κ3) is 13.8. The van der Waals surface area contributed by atoms with E-state index in [0.29, 0.717) is 45.5 Å². The Morgan fingerprint density at radius 3 is 1.69 bits per heavy atom. The van der Waals surface area contributed by atoms with Gasteiger partial charge in [-0.15, -0.1) is 0 Å². The Balaban J connectivity index is 1.36. The quantitative estimate of drug-likeness (QED) is 0.0424. The number of ketones is 1. The maximum Gasteiger partial charge on any atom is 0.255 e. The van der Waals surface area contributed by atoms with Crippen molar-refractivity contribution >= 4 is 51.6 Å². The second kappa shape index (κ2) is 27.3. The molecule has 7 rings (SSSR count). The number of aryl methyl sites for hydroxylation is 2. The van der Waals surface area contributed by atoms with Crippen LogP contribution in [0.15, 0.2) is 168 Å². The Kier molecular flexibility index (Phi) is 20.2. The third-order valence-corrected chi connectivity index (χ3v) is 14.7. The molecule has 2 aliphatic carbocycles. The molecule has 386 valence electrons. The van der Waals surface area contributed by atoms with Gasteiger partial charge in [-0.25, -0.2) is 0 Å². The van der Waals surface area contributed by atoms with Crippen LogP contribution in [0, 0.1) is 11.8 Å². The molecule has 8 nitrogen and oxygen atoms in total. The van der Waals surface area contributed by atoms with Crippen molar-refractivity contribution < 1.29 is 24.1 Å². The van der Waals surface area contributed by atoms with Crippen molar-refractivity contribution in [3.8, 4) is 0 Å². The maximum atomic E-state index is 14.9. The van der Waals surface area contributed by atoms with Crippen molar-refractivity contribution in [3.63, 3.8) is 0 Å².